The second-order valence-electron chi connectivity index (χ2n) is 7.19. The summed E-state index contributed by atoms with van der Waals surface area (Å²) in [6.07, 6.45) is 10.8. The monoisotopic (exact) mass is 332 g/mol. The zero-order valence-corrected chi connectivity index (χ0v) is 14.4. The third-order valence-electron chi connectivity index (χ3n) is 4.26. The molecule has 3 rings (SSSR count). The summed E-state index contributed by atoms with van der Waals surface area (Å²) >= 11 is 0. The molecule has 0 aromatic rings. The molecule has 0 unspecified atom stereocenters. The molecule has 4 amide bonds. The summed E-state index contributed by atoms with van der Waals surface area (Å²) in [7, 11) is 0. The molecule has 0 N–H and O–H groups in total. The molecule has 0 atom stereocenters. The molecule has 0 aromatic carbocycles. The molecular formula is C18H24N2O4. The molecule has 0 bridgehead atoms. The minimum absolute atomic E-state index is 0.128. The zero-order chi connectivity index (χ0) is 17.9. The van der Waals surface area contributed by atoms with Crippen LogP contribution in [0.1, 0.15) is 52.9 Å². The van der Waals surface area contributed by atoms with E-state index in [0.717, 1.165) is 25.7 Å². The van der Waals surface area contributed by atoms with Gasteiger partial charge >= 0.3 is 0 Å². The van der Waals surface area contributed by atoms with E-state index in [1.807, 2.05) is 20.8 Å². The van der Waals surface area contributed by atoms with Crippen molar-refractivity contribution >= 4 is 23.6 Å². The molecule has 2 heterocycles. The maximum atomic E-state index is 11.3. The molecule has 1 saturated carbocycles. The van der Waals surface area contributed by atoms with Gasteiger partial charge in [0.05, 0.1) is 0 Å². The number of imide groups is 2. The third-order valence-corrected chi connectivity index (χ3v) is 4.26. The quantitative estimate of drug-likeness (QED) is 0.688. The van der Waals surface area contributed by atoms with Crippen LogP contribution in [0.5, 0.6) is 0 Å². The number of nitrogens with zero attached hydrogens (tertiary/aromatic N) is 2. The molecule has 24 heavy (non-hydrogen) atoms. The molecule has 6 heteroatoms. The number of amides is 4. The Morgan fingerprint density at radius 3 is 1.54 bits per heavy atom. The van der Waals surface area contributed by atoms with Crippen LogP contribution in [0.2, 0.25) is 0 Å². The maximum absolute atomic E-state index is 11.3. The van der Waals surface area contributed by atoms with E-state index < -0.39 is 5.54 Å². The first-order valence-corrected chi connectivity index (χ1v) is 8.33. The first-order valence-electron chi connectivity index (χ1n) is 8.33. The van der Waals surface area contributed by atoms with E-state index >= 15 is 0 Å². The van der Waals surface area contributed by atoms with E-state index in [-0.39, 0.29) is 29.7 Å². The molecule has 3 aliphatic rings. The van der Waals surface area contributed by atoms with Gasteiger partial charge in [-0.05, 0) is 33.6 Å². The second kappa shape index (κ2) is 7.11. The van der Waals surface area contributed by atoms with Crippen molar-refractivity contribution in [1.82, 2.24) is 9.80 Å². The molecule has 0 saturated heterocycles. The summed E-state index contributed by atoms with van der Waals surface area (Å²) in [6, 6.07) is 0.170. The molecule has 0 radical (unpaired) electrons. The van der Waals surface area contributed by atoms with Gasteiger partial charge < -0.3 is 0 Å². The van der Waals surface area contributed by atoms with E-state index in [4.69, 9.17) is 0 Å². The molecule has 0 spiro atoms. The van der Waals surface area contributed by atoms with Crippen LogP contribution in [0.25, 0.3) is 0 Å². The lowest BCUT2D eigenvalue weighted by Crippen LogP contribution is -2.45. The van der Waals surface area contributed by atoms with Crippen molar-refractivity contribution in [3.63, 3.8) is 0 Å². The molecule has 130 valence electrons. The van der Waals surface area contributed by atoms with Gasteiger partial charge in [-0.25, -0.2) is 0 Å². The highest BCUT2D eigenvalue weighted by atomic mass is 16.2. The van der Waals surface area contributed by atoms with Gasteiger partial charge in [-0.15, -0.1) is 0 Å². The first kappa shape index (κ1) is 18.1. The van der Waals surface area contributed by atoms with Crippen molar-refractivity contribution in [2.24, 2.45) is 0 Å². The Labute approximate surface area is 142 Å². The molecule has 2 aliphatic heterocycles. The fourth-order valence-corrected chi connectivity index (χ4v) is 3.17. The van der Waals surface area contributed by atoms with Gasteiger partial charge in [0.25, 0.3) is 23.6 Å². The number of carbonyl (C=O) groups excluding carboxylic acids is 4. The van der Waals surface area contributed by atoms with E-state index in [9.17, 15) is 19.2 Å². The number of hydrogen-bond donors (Lipinski definition) is 0. The predicted molar refractivity (Wildman–Crippen MR) is 88.6 cm³/mol. The number of carbonyl (C=O) groups is 4. The highest BCUT2D eigenvalue weighted by molar-refractivity contribution is 6.13. The van der Waals surface area contributed by atoms with Gasteiger partial charge in [-0.1, -0.05) is 19.3 Å². The predicted octanol–water partition coefficient (Wildman–Crippen LogP) is 1.95. The van der Waals surface area contributed by atoms with E-state index in [1.165, 1.54) is 40.5 Å². The average Bonchev–Trinajstić information content (AvgIpc) is 3.02. The van der Waals surface area contributed by atoms with Gasteiger partial charge in [0, 0.05) is 35.9 Å². The molecule has 1 fully saturated rings. The van der Waals surface area contributed by atoms with E-state index in [1.54, 1.807) is 0 Å². The van der Waals surface area contributed by atoms with Crippen LogP contribution in [0.15, 0.2) is 24.3 Å². The van der Waals surface area contributed by atoms with E-state index in [2.05, 4.69) is 0 Å². The van der Waals surface area contributed by atoms with Crippen LogP contribution < -0.4 is 0 Å². The molecule has 0 aromatic heterocycles. The smallest absolute Gasteiger partial charge is 0.254 e. The normalized spacial score (nSPS) is 21.6. The third kappa shape index (κ3) is 3.99. The van der Waals surface area contributed by atoms with Crippen molar-refractivity contribution < 1.29 is 19.2 Å². The van der Waals surface area contributed by atoms with E-state index in [0.29, 0.717) is 0 Å². The number of hydrogen-bond acceptors (Lipinski definition) is 4. The van der Waals surface area contributed by atoms with Crippen LogP contribution in [0, 0.1) is 0 Å². The van der Waals surface area contributed by atoms with Gasteiger partial charge in [-0.3, -0.25) is 29.0 Å². The Morgan fingerprint density at radius 1 is 0.750 bits per heavy atom. The zero-order valence-electron chi connectivity index (χ0n) is 14.4. The lowest BCUT2D eigenvalue weighted by Gasteiger charge is -2.29. The van der Waals surface area contributed by atoms with Crippen LogP contribution >= 0.6 is 0 Å². The fraction of sp³-hybridized carbons (Fsp3) is 0.556. The van der Waals surface area contributed by atoms with Gasteiger partial charge in [0.2, 0.25) is 0 Å². The second-order valence-corrected chi connectivity index (χ2v) is 7.19. The lowest BCUT2D eigenvalue weighted by atomic mass is 9.94. The summed E-state index contributed by atoms with van der Waals surface area (Å²) in [4.78, 5) is 47.4. The fourth-order valence-electron chi connectivity index (χ4n) is 3.17. The Kier molecular flexibility index (Phi) is 5.36. The number of rotatable bonds is 1. The Balaban J connectivity index is 0.000000177. The molecular weight excluding hydrogens is 308 g/mol. The van der Waals surface area contributed by atoms with Gasteiger partial charge in [-0.2, -0.15) is 0 Å². The van der Waals surface area contributed by atoms with Crippen LogP contribution in [0.4, 0.5) is 0 Å². The minimum Gasteiger partial charge on any atom is -0.272 e. The van der Waals surface area contributed by atoms with Crippen molar-refractivity contribution in [3.05, 3.63) is 24.3 Å². The van der Waals surface area contributed by atoms with Crippen molar-refractivity contribution in [2.75, 3.05) is 0 Å². The lowest BCUT2D eigenvalue weighted by molar-refractivity contribution is -0.143. The molecule has 1 aliphatic carbocycles. The standard InChI is InChI=1S/C10H13NO2.C8H11NO2/c12-9-6-7-10(13)11(9)8-4-2-1-3-5-8;1-8(2,3)9-6(10)4-5-7(9)11/h6-8H,1-5H2;4-5H,1-3H3. The van der Waals surface area contributed by atoms with Crippen LogP contribution in [-0.4, -0.2) is 45.0 Å². The Bertz CT molecular complexity index is 571. The summed E-state index contributed by atoms with van der Waals surface area (Å²) in [5.41, 5.74) is -0.405. The minimum atomic E-state index is -0.405. The first-order chi connectivity index (χ1) is 11.2. The largest absolute Gasteiger partial charge is 0.272 e. The van der Waals surface area contributed by atoms with Gasteiger partial charge in [0.1, 0.15) is 0 Å². The van der Waals surface area contributed by atoms with Crippen molar-refractivity contribution in [2.45, 2.75) is 64.5 Å². The highest BCUT2D eigenvalue weighted by Gasteiger charge is 2.33. The molecule has 6 nitrogen and oxygen atoms in total. The topological polar surface area (TPSA) is 74.8 Å². The SMILES string of the molecule is CC(C)(C)N1C(=O)C=CC1=O.O=C1C=CC(=O)N1C1CCCCC1. The van der Waals surface area contributed by atoms with Crippen molar-refractivity contribution in [3.8, 4) is 0 Å². The average molecular weight is 332 g/mol. The summed E-state index contributed by atoms with van der Waals surface area (Å²) < 4.78 is 0. The van der Waals surface area contributed by atoms with Crippen LogP contribution in [-0.2, 0) is 19.2 Å². The summed E-state index contributed by atoms with van der Waals surface area (Å²) in [6.45, 7) is 5.49. The Morgan fingerprint density at radius 2 is 1.17 bits per heavy atom. The van der Waals surface area contributed by atoms with Crippen molar-refractivity contribution in [1.29, 1.82) is 0 Å². The maximum Gasteiger partial charge on any atom is 0.254 e. The summed E-state index contributed by atoms with van der Waals surface area (Å²) in [5, 5.41) is 0. The Hall–Kier alpha value is -2.24. The summed E-state index contributed by atoms with van der Waals surface area (Å²) in [5.74, 6) is -0.696. The highest BCUT2D eigenvalue weighted by Crippen LogP contribution is 2.24. The van der Waals surface area contributed by atoms with Gasteiger partial charge in [0.15, 0.2) is 0 Å². The van der Waals surface area contributed by atoms with Crippen LogP contribution in [0.3, 0.4) is 0 Å².